The van der Waals surface area contributed by atoms with Crippen molar-refractivity contribution in [3.63, 3.8) is 0 Å². The Morgan fingerprint density at radius 3 is 2.58 bits per heavy atom. The number of aromatic nitrogens is 2. The lowest BCUT2D eigenvalue weighted by Crippen LogP contribution is -2.30. The van der Waals surface area contributed by atoms with Gasteiger partial charge >= 0.3 is 0 Å². The highest BCUT2D eigenvalue weighted by molar-refractivity contribution is 8.00. The summed E-state index contributed by atoms with van der Waals surface area (Å²) in [5.74, 6) is -1.63. The minimum atomic E-state index is -1.15. The number of aliphatic hydroxyl groups excluding tert-OH is 1. The van der Waals surface area contributed by atoms with Crippen molar-refractivity contribution >= 4 is 63.3 Å². The average molecular weight is 591 g/mol. The molecular weight excluding hydrogens is 572 g/mol. The molecule has 2 heterocycles. The van der Waals surface area contributed by atoms with E-state index in [-0.39, 0.29) is 22.0 Å². The van der Waals surface area contributed by atoms with Crippen molar-refractivity contribution in [1.29, 1.82) is 0 Å². The third kappa shape index (κ3) is 5.81. The second-order valence-electron chi connectivity index (χ2n) is 8.57. The van der Waals surface area contributed by atoms with Gasteiger partial charge in [0.2, 0.25) is 5.13 Å². The monoisotopic (exact) mass is 590 g/mol. The van der Waals surface area contributed by atoms with Crippen molar-refractivity contribution in [2.24, 2.45) is 0 Å². The van der Waals surface area contributed by atoms with Gasteiger partial charge in [0.25, 0.3) is 11.6 Å². The third-order valence-electron chi connectivity index (χ3n) is 5.97. The molecule has 1 unspecified atom stereocenters. The van der Waals surface area contributed by atoms with Crippen molar-refractivity contribution in [2.75, 3.05) is 4.90 Å². The van der Waals surface area contributed by atoms with Crippen LogP contribution in [0.5, 0.6) is 0 Å². The molecule has 40 heavy (non-hydrogen) atoms. The number of carbonyl (C=O) groups excluding carboxylic acids is 2. The van der Waals surface area contributed by atoms with E-state index in [1.165, 1.54) is 36.0 Å². The van der Waals surface area contributed by atoms with Crippen molar-refractivity contribution in [1.82, 2.24) is 10.2 Å². The number of ketones is 1. The van der Waals surface area contributed by atoms with Crippen LogP contribution in [0, 0.1) is 10.1 Å². The van der Waals surface area contributed by atoms with Gasteiger partial charge in [-0.2, -0.15) is 0 Å². The van der Waals surface area contributed by atoms with Crippen LogP contribution in [0.3, 0.4) is 0 Å². The number of anilines is 1. The van der Waals surface area contributed by atoms with E-state index in [1.807, 2.05) is 30.3 Å². The van der Waals surface area contributed by atoms with Gasteiger partial charge in [-0.25, -0.2) is 0 Å². The van der Waals surface area contributed by atoms with Gasteiger partial charge in [0.1, 0.15) is 0 Å². The summed E-state index contributed by atoms with van der Waals surface area (Å²) in [5.41, 5.74) is 1.60. The van der Waals surface area contributed by atoms with E-state index in [0.29, 0.717) is 15.1 Å². The van der Waals surface area contributed by atoms with E-state index in [0.717, 1.165) is 27.4 Å². The molecule has 3 aromatic carbocycles. The number of hydrogen-bond acceptors (Lipinski definition) is 9. The van der Waals surface area contributed by atoms with Crippen molar-refractivity contribution in [2.45, 2.75) is 16.1 Å². The zero-order valence-electron chi connectivity index (χ0n) is 20.5. The van der Waals surface area contributed by atoms with Crippen LogP contribution >= 0.6 is 34.7 Å². The van der Waals surface area contributed by atoms with Crippen LogP contribution in [0.2, 0.25) is 5.02 Å². The van der Waals surface area contributed by atoms with Gasteiger partial charge in [-0.3, -0.25) is 24.6 Å². The molecule has 0 saturated heterocycles. The Labute approximate surface area is 241 Å². The number of non-ortho nitro benzene ring substituents is 1. The second-order valence-corrected chi connectivity index (χ2v) is 11.2. The lowest BCUT2D eigenvalue weighted by Gasteiger charge is -2.23. The van der Waals surface area contributed by atoms with E-state index in [1.54, 1.807) is 36.4 Å². The Hall–Kier alpha value is -4.32. The van der Waals surface area contributed by atoms with E-state index in [9.17, 15) is 24.8 Å². The topological polar surface area (TPSA) is 127 Å². The number of hydrogen-bond donors (Lipinski definition) is 1. The molecule has 0 aliphatic carbocycles. The summed E-state index contributed by atoms with van der Waals surface area (Å²) in [4.78, 5) is 38.8. The van der Waals surface area contributed by atoms with Gasteiger partial charge in [0.15, 0.2) is 15.9 Å². The van der Waals surface area contributed by atoms with Crippen LogP contribution in [0.4, 0.5) is 10.8 Å². The maximum Gasteiger partial charge on any atom is 0.296 e. The maximum atomic E-state index is 13.4. The molecule has 1 aliphatic rings. The van der Waals surface area contributed by atoms with Crippen molar-refractivity contribution in [3.8, 4) is 0 Å². The van der Waals surface area contributed by atoms with Crippen molar-refractivity contribution < 1.29 is 19.6 Å². The predicted octanol–water partition coefficient (Wildman–Crippen LogP) is 6.57. The van der Waals surface area contributed by atoms with Crippen LogP contribution in [-0.4, -0.2) is 31.9 Å². The number of thioether (sulfide) groups is 1. The lowest BCUT2D eigenvalue weighted by atomic mass is 9.95. The van der Waals surface area contributed by atoms with Crippen LogP contribution in [0.15, 0.2) is 101 Å². The number of nitro groups is 1. The van der Waals surface area contributed by atoms with Gasteiger partial charge < -0.3 is 5.11 Å². The Bertz CT molecular complexity index is 1650. The van der Waals surface area contributed by atoms with Crippen LogP contribution < -0.4 is 4.90 Å². The first kappa shape index (κ1) is 27.3. The zero-order chi connectivity index (χ0) is 28.2. The summed E-state index contributed by atoms with van der Waals surface area (Å²) >= 11 is 8.46. The molecule has 1 atom stereocenters. The van der Waals surface area contributed by atoms with E-state index in [4.69, 9.17) is 11.6 Å². The van der Waals surface area contributed by atoms with E-state index < -0.39 is 28.4 Å². The number of halogens is 1. The fraction of sp³-hybridized carbons (Fsp3) is 0.0714. The SMILES string of the molecule is O=C(/C=C/c1ccccc1)C1=C(O)C(=O)N(c2nnc(SCc3ccc(Cl)cc3)s2)C1c1cccc([N+](=O)[O-])c1. The highest BCUT2D eigenvalue weighted by Crippen LogP contribution is 2.44. The number of carbonyl (C=O) groups is 2. The largest absolute Gasteiger partial charge is 0.503 e. The summed E-state index contributed by atoms with van der Waals surface area (Å²) in [5, 5.41) is 31.5. The van der Waals surface area contributed by atoms with Gasteiger partial charge in [-0.15, -0.1) is 10.2 Å². The molecule has 0 spiro atoms. The Morgan fingerprint density at radius 2 is 1.85 bits per heavy atom. The summed E-state index contributed by atoms with van der Waals surface area (Å²) in [6, 6.07) is 20.9. The molecule has 0 radical (unpaired) electrons. The molecular formula is C28H19ClN4O5S2. The third-order valence-corrected chi connectivity index (χ3v) is 8.35. The Balaban J connectivity index is 1.49. The van der Waals surface area contributed by atoms with Crippen LogP contribution in [0.1, 0.15) is 22.7 Å². The molecule has 9 nitrogen and oxygen atoms in total. The number of nitro benzene ring substituents is 1. The second kappa shape index (κ2) is 11.8. The van der Waals surface area contributed by atoms with E-state index >= 15 is 0 Å². The molecule has 1 N–H and O–H groups in total. The maximum absolute atomic E-state index is 13.4. The molecule has 1 aliphatic heterocycles. The summed E-state index contributed by atoms with van der Waals surface area (Å²) in [7, 11) is 0. The Morgan fingerprint density at radius 1 is 1.10 bits per heavy atom. The number of rotatable bonds is 9. The first-order valence-corrected chi connectivity index (χ1v) is 14.0. The summed E-state index contributed by atoms with van der Waals surface area (Å²) < 4.78 is 0.554. The highest BCUT2D eigenvalue weighted by Gasteiger charge is 2.45. The van der Waals surface area contributed by atoms with E-state index in [2.05, 4.69) is 10.2 Å². The minimum Gasteiger partial charge on any atom is -0.503 e. The summed E-state index contributed by atoms with van der Waals surface area (Å²) in [6.45, 7) is 0. The number of amides is 1. The average Bonchev–Trinajstić information content (AvgIpc) is 3.54. The Kier molecular flexibility index (Phi) is 8.06. The molecule has 5 rings (SSSR count). The fourth-order valence-electron chi connectivity index (χ4n) is 4.09. The standard InChI is InChI=1S/C28H19ClN4O5S2/c29-20-12-9-18(10-13-20)16-39-28-31-30-27(40-28)32-24(19-7-4-8-21(15-19)33(37)38)23(25(35)26(32)36)22(34)14-11-17-5-2-1-3-6-17/h1-15,24,35H,16H2/b14-11+. The molecule has 12 heteroatoms. The van der Waals surface area contributed by atoms with Gasteiger partial charge in [-0.1, -0.05) is 95.4 Å². The normalized spacial score (nSPS) is 15.3. The summed E-state index contributed by atoms with van der Waals surface area (Å²) in [6.07, 6.45) is 2.83. The molecule has 0 fully saturated rings. The fourth-order valence-corrected chi connectivity index (χ4v) is 6.04. The molecule has 1 aromatic heterocycles. The number of aliphatic hydroxyl groups is 1. The molecule has 4 aromatic rings. The lowest BCUT2D eigenvalue weighted by molar-refractivity contribution is -0.384. The van der Waals surface area contributed by atoms with Crippen LogP contribution in [-0.2, 0) is 15.3 Å². The molecule has 1 amide bonds. The molecule has 0 saturated carbocycles. The van der Waals surface area contributed by atoms with Crippen molar-refractivity contribution in [3.05, 3.63) is 128 Å². The molecule has 200 valence electrons. The first-order chi connectivity index (χ1) is 19.3. The number of allylic oxidation sites excluding steroid dienone is 1. The number of benzene rings is 3. The zero-order valence-corrected chi connectivity index (χ0v) is 22.9. The smallest absolute Gasteiger partial charge is 0.296 e. The minimum absolute atomic E-state index is 0.140. The van der Waals surface area contributed by atoms with Crippen LogP contribution in [0.25, 0.3) is 6.08 Å². The first-order valence-electron chi connectivity index (χ1n) is 11.8. The predicted molar refractivity (Wildman–Crippen MR) is 154 cm³/mol. The van der Waals surface area contributed by atoms with Gasteiger partial charge in [0, 0.05) is 22.9 Å². The molecule has 0 bridgehead atoms. The van der Waals surface area contributed by atoms with Gasteiger partial charge in [-0.05, 0) is 34.9 Å². The quantitative estimate of drug-likeness (QED) is 0.0762. The van der Waals surface area contributed by atoms with Gasteiger partial charge in [0.05, 0.1) is 16.5 Å². The highest BCUT2D eigenvalue weighted by atomic mass is 35.5. The number of nitrogens with zero attached hydrogens (tertiary/aromatic N) is 4.